The Morgan fingerprint density at radius 3 is 2.96 bits per heavy atom. The topological polar surface area (TPSA) is 147 Å². The van der Waals surface area contributed by atoms with Gasteiger partial charge in [-0.2, -0.15) is 4.98 Å². The number of hydrogen-bond donors (Lipinski definition) is 5. The second kappa shape index (κ2) is 5.89. The van der Waals surface area contributed by atoms with Crippen molar-refractivity contribution < 1.29 is 24.4 Å². The molecule has 0 bridgehead atoms. The fraction of sp³-hybridized carbons (Fsp3) is 0.538. The van der Waals surface area contributed by atoms with Crippen LogP contribution in [0.25, 0.3) is 11.0 Å². The number of aliphatic hydroxyl groups is 3. The van der Waals surface area contributed by atoms with E-state index in [-0.39, 0.29) is 23.4 Å². The molecule has 2 aromatic rings. The lowest BCUT2D eigenvalue weighted by Crippen LogP contribution is -2.39. The Bertz CT molecular complexity index is 762. The van der Waals surface area contributed by atoms with Gasteiger partial charge in [0.25, 0.3) is 5.56 Å². The number of aromatic nitrogens is 3. The number of nitrogens with one attached hydrogen (secondary N) is 1. The van der Waals surface area contributed by atoms with Gasteiger partial charge >= 0.3 is 0 Å². The van der Waals surface area contributed by atoms with Crippen molar-refractivity contribution in [3.8, 4) is 0 Å². The Balaban J connectivity index is 2.07. The van der Waals surface area contributed by atoms with E-state index >= 15 is 0 Å². The van der Waals surface area contributed by atoms with Gasteiger partial charge in [-0.3, -0.25) is 9.78 Å². The smallest absolute Gasteiger partial charge is 0.261 e. The summed E-state index contributed by atoms with van der Waals surface area (Å²) in [7, 11) is 0. The minimum absolute atomic E-state index is 0.112. The number of fused-ring (bicyclic) bond motifs is 1. The molecule has 2 aromatic heterocycles. The average Bonchev–Trinajstić information content (AvgIpc) is 2.87. The van der Waals surface area contributed by atoms with Crippen molar-refractivity contribution in [3.05, 3.63) is 22.6 Å². The summed E-state index contributed by atoms with van der Waals surface area (Å²) in [5, 5.41) is 29.1. The minimum atomic E-state index is -1.69. The summed E-state index contributed by atoms with van der Waals surface area (Å²) in [5.41, 5.74) is 5.15. The van der Waals surface area contributed by atoms with Crippen LogP contribution in [0.1, 0.15) is 12.6 Å². The lowest BCUT2D eigenvalue weighted by Gasteiger charge is -2.25. The third kappa shape index (κ3) is 2.70. The molecule has 3 rings (SSSR count). The van der Waals surface area contributed by atoms with Gasteiger partial charge in [-0.05, 0) is 6.07 Å². The van der Waals surface area contributed by atoms with E-state index in [2.05, 4.69) is 9.97 Å². The Kier molecular flexibility index (Phi) is 4.06. The Morgan fingerprint density at radius 2 is 2.26 bits per heavy atom. The van der Waals surface area contributed by atoms with E-state index < -0.39 is 42.9 Å². The third-order valence-electron chi connectivity index (χ3n) is 3.92. The van der Waals surface area contributed by atoms with Gasteiger partial charge in [0.2, 0.25) is 5.95 Å². The molecule has 10 heteroatoms. The van der Waals surface area contributed by atoms with Crippen molar-refractivity contribution in [1.29, 1.82) is 0 Å². The standard InChI is InChI=1S/C13H17FN4O5/c14-6-3-7(20)9(21)8(4-19)23-12(6)18-2-1-5-10(18)16-13(15)17-11(5)22/h1-2,6-9,12,19-21H,3-4H2,(H3,15,16,17,22)/t6-,7-,8+,9-,12+/m0/s1. The molecule has 0 aliphatic carbocycles. The van der Waals surface area contributed by atoms with Crippen LogP contribution in [0.3, 0.4) is 0 Å². The molecule has 1 aliphatic rings. The van der Waals surface area contributed by atoms with Crippen molar-refractivity contribution in [3.63, 3.8) is 0 Å². The van der Waals surface area contributed by atoms with E-state index in [0.29, 0.717) is 0 Å². The molecule has 0 aromatic carbocycles. The van der Waals surface area contributed by atoms with Gasteiger partial charge in [-0.25, -0.2) is 4.39 Å². The highest BCUT2D eigenvalue weighted by atomic mass is 19.1. The average molecular weight is 328 g/mol. The van der Waals surface area contributed by atoms with Crippen LogP contribution in [-0.4, -0.2) is 60.9 Å². The van der Waals surface area contributed by atoms with Crippen LogP contribution >= 0.6 is 0 Å². The van der Waals surface area contributed by atoms with E-state index in [4.69, 9.17) is 10.5 Å². The highest BCUT2D eigenvalue weighted by Gasteiger charge is 2.40. The number of halogens is 1. The molecule has 1 saturated heterocycles. The van der Waals surface area contributed by atoms with Gasteiger partial charge in [-0.15, -0.1) is 0 Å². The number of aliphatic hydroxyl groups excluding tert-OH is 3. The second-order valence-corrected chi connectivity index (χ2v) is 5.47. The van der Waals surface area contributed by atoms with Crippen LogP contribution in [0.5, 0.6) is 0 Å². The second-order valence-electron chi connectivity index (χ2n) is 5.47. The minimum Gasteiger partial charge on any atom is -0.394 e. The quantitative estimate of drug-likeness (QED) is 0.458. The van der Waals surface area contributed by atoms with Crippen LogP contribution in [0.15, 0.2) is 17.1 Å². The summed E-state index contributed by atoms with van der Waals surface area (Å²) in [6, 6.07) is 1.43. The molecule has 0 spiro atoms. The Morgan fingerprint density at radius 1 is 1.52 bits per heavy atom. The molecule has 3 heterocycles. The van der Waals surface area contributed by atoms with E-state index in [1.807, 2.05) is 0 Å². The van der Waals surface area contributed by atoms with Crippen molar-refractivity contribution >= 4 is 17.0 Å². The number of anilines is 1. The van der Waals surface area contributed by atoms with Crippen LogP contribution < -0.4 is 11.3 Å². The van der Waals surface area contributed by atoms with E-state index in [1.165, 1.54) is 16.8 Å². The van der Waals surface area contributed by atoms with Gasteiger partial charge in [-0.1, -0.05) is 0 Å². The number of nitrogens with two attached hydrogens (primary N) is 1. The van der Waals surface area contributed by atoms with Gasteiger partial charge in [0.15, 0.2) is 11.9 Å². The molecule has 1 aliphatic heterocycles. The highest BCUT2D eigenvalue weighted by Crippen LogP contribution is 2.31. The van der Waals surface area contributed by atoms with Gasteiger partial charge < -0.3 is 30.4 Å². The third-order valence-corrected chi connectivity index (χ3v) is 3.92. The van der Waals surface area contributed by atoms with Crippen LogP contribution in [-0.2, 0) is 4.74 Å². The van der Waals surface area contributed by atoms with Crippen molar-refractivity contribution in [1.82, 2.24) is 14.5 Å². The lowest BCUT2D eigenvalue weighted by atomic mass is 10.0. The lowest BCUT2D eigenvalue weighted by molar-refractivity contribution is -0.137. The first-order valence-corrected chi connectivity index (χ1v) is 7.05. The normalized spacial score (nSPS) is 32.1. The predicted molar refractivity (Wildman–Crippen MR) is 77.3 cm³/mol. The summed E-state index contributed by atoms with van der Waals surface area (Å²) < 4.78 is 21.2. The van der Waals surface area contributed by atoms with E-state index in [9.17, 15) is 24.5 Å². The number of hydrogen-bond acceptors (Lipinski definition) is 7. The number of ether oxygens (including phenoxy) is 1. The molecule has 9 nitrogen and oxygen atoms in total. The molecule has 23 heavy (non-hydrogen) atoms. The summed E-state index contributed by atoms with van der Waals surface area (Å²) >= 11 is 0. The zero-order valence-corrected chi connectivity index (χ0v) is 12.0. The van der Waals surface area contributed by atoms with Crippen LogP contribution in [0.4, 0.5) is 10.3 Å². The monoisotopic (exact) mass is 328 g/mol. The predicted octanol–water partition coefficient (Wildman–Crippen LogP) is -1.35. The first kappa shape index (κ1) is 15.9. The number of rotatable bonds is 2. The van der Waals surface area contributed by atoms with Gasteiger partial charge in [0.05, 0.1) is 18.1 Å². The van der Waals surface area contributed by atoms with Crippen LogP contribution in [0.2, 0.25) is 0 Å². The number of H-pyrrole nitrogens is 1. The van der Waals surface area contributed by atoms with Crippen molar-refractivity contribution in [2.75, 3.05) is 12.3 Å². The molecule has 126 valence electrons. The summed E-state index contributed by atoms with van der Waals surface area (Å²) in [6.07, 6.45) is -5.92. The maximum absolute atomic E-state index is 14.5. The van der Waals surface area contributed by atoms with E-state index in [1.54, 1.807) is 0 Å². The summed E-state index contributed by atoms with van der Waals surface area (Å²) in [5.74, 6) is -0.134. The molecule has 1 fully saturated rings. The first-order chi connectivity index (χ1) is 10.9. The Hall–Kier alpha value is -2.01. The SMILES string of the molecule is Nc1nc2c(ccn2[C@@H]2O[C@H](CO)[C@@H](O)[C@@H](O)C[C@@H]2F)c(=O)[nH]1. The molecule has 6 N–H and O–H groups in total. The van der Waals surface area contributed by atoms with Gasteiger partial charge in [0, 0.05) is 12.6 Å². The molecule has 0 radical (unpaired) electrons. The molecule has 5 atom stereocenters. The zero-order valence-electron chi connectivity index (χ0n) is 12.0. The molecule has 0 amide bonds. The fourth-order valence-corrected chi connectivity index (χ4v) is 2.74. The van der Waals surface area contributed by atoms with Crippen molar-refractivity contribution in [2.24, 2.45) is 0 Å². The molecular weight excluding hydrogens is 311 g/mol. The number of alkyl halides is 1. The van der Waals surface area contributed by atoms with E-state index in [0.717, 1.165) is 0 Å². The summed E-state index contributed by atoms with van der Waals surface area (Å²) in [6.45, 7) is -0.600. The fourth-order valence-electron chi connectivity index (χ4n) is 2.74. The summed E-state index contributed by atoms with van der Waals surface area (Å²) in [4.78, 5) is 18.1. The number of aromatic amines is 1. The highest BCUT2D eigenvalue weighted by molar-refractivity contribution is 5.76. The Labute approximate surface area is 129 Å². The van der Waals surface area contributed by atoms with Crippen LogP contribution in [0, 0.1) is 0 Å². The first-order valence-electron chi connectivity index (χ1n) is 7.05. The van der Waals surface area contributed by atoms with Crippen molar-refractivity contribution in [2.45, 2.75) is 37.1 Å². The van der Waals surface area contributed by atoms with Gasteiger partial charge in [0.1, 0.15) is 18.4 Å². The largest absolute Gasteiger partial charge is 0.394 e. The maximum Gasteiger partial charge on any atom is 0.261 e. The molecule has 0 saturated carbocycles. The zero-order chi connectivity index (χ0) is 16.7. The molecular formula is C13H17FN4O5. The number of nitrogens with zero attached hydrogens (tertiary/aromatic N) is 2. The number of nitrogen functional groups attached to an aromatic ring is 1. The molecule has 0 unspecified atom stereocenters. The maximum atomic E-state index is 14.5.